The van der Waals surface area contributed by atoms with Gasteiger partial charge in [-0.2, -0.15) is 0 Å². The molecular weight excluding hydrogens is 246 g/mol. The molecule has 0 spiro atoms. The molecule has 1 aliphatic rings. The van der Waals surface area contributed by atoms with Gasteiger partial charge in [0.2, 0.25) is 0 Å². The SMILES string of the molecule is CCC1(C(CCCS(=O)(=O)CC)NC)CCCC1. The highest BCUT2D eigenvalue weighted by Crippen LogP contribution is 2.45. The van der Waals surface area contributed by atoms with E-state index in [0.29, 0.717) is 17.2 Å². The topological polar surface area (TPSA) is 46.2 Å². The Bertz CT molecular complexity index is 332. The third kappa shape index (κ3) is 3.95. The molecule has 1 atom stereocenters. The van der Waals surface area contributed by atoms with Gasteiger partial charge in [-0.3, -0.25) is 0 Å². The van der Waals surface area contributed by atoms with Crippen LogP contribution in [0, 0.1) is 5.41 Å². The van der Waals surface area contributed by atoms with E-state index < -0.39 is 9.84 Å². The number of hydrogen-bond donors (Lipinski definition) is 1. The van der Waals surface area contributed by atoms with Crippen LogP contribution in [0.3, 0.4) is 0 Å². The van der Waals surface area contributed by atoms with Gasteiger partial charge in [-0.15, -0.1) is 0 Å². The van der Waals surface area contributed by atoms with E-state index in [1.807, 2.05) is 7.05 Å². The van der Waals surface area contributed by atoms with Gasteiger partial charge < -0.3 is 5.32 Å². The highest BCUT2D eigenvalue weighted by Gasteiger charge is 2.38. The molecule has 0 aliphatic heterocycles. The Morgan fingerprint density at radius 2 is 1.83 bits per heavy atom. The van der Waals surface area contributed by atoms with Crippen molar-refractivity contribution in [3.05, 3.63) is 0 Å². The number of rotatable bonds is 8. The average Bonchev–Trinajstić information content (AvgIpc) is 2.84. The minimum Gasteiger partial charge on any atom is -0.316 e. The molecule has 3 nitrogen and oxygen atoms in total. The lowest BCUT2D eigenvalue weighted by molar-refractivity contribution is 0.184. The summed E-state index contributed by atoms with van der Waals surface area (Å²) < 4.78 is 23.0. The number of hydrogen-bond acceptors (Lipinski definition) is 3. The van der Waals surface area contributed by atoms with Crippen LogP contribution in [0.1, 0.15) is 58.8 Å². The van der Waals surface area contributed by atoms with Crippen LogP contribution < -0.4 is 5.32 Å². The maximum absolute atomic E-state index is 11.5. The van der Waals surface area contributed by atoms with Crippen molar-refractivity contribution in [1.82, 2.24) is 5.32 Å². The molecule has 1 fully saturated rings. The van der Waals surface area contributed by atoms with Crippen LogP contribution in [0.25, 0.3) is 0 Å². The molecule has 0 aromatic heterocycles. The largest absolute Gasteiger partial charge is 0.316 e. The summed E-state index contributed by atoms with van der Waals surface area (Å²) >= 11 is 0. The summed E-state index contributed by atoms with van der Waals surface area (Å²) in [5.74, 6) is 0.623. The second-order valence-electron chi connectivity index (χ2n) is 5.64. The predicted octanol–water partition coefficient (Wildman–Crippen LogP) is 2.76. The standard InChI is InChI=1S/C14H29NO2S/c1-4-14(10-6-7-11-14)13(15-3)9-8-12-18(16,17)5-2/h13,15H,4-12H2,1-3H3. The van der Waals surface area contributed by atoms with Gasteiger partial charge in [0.15, 0.2) is 0 Å². The molecule has 0 aromatic carbocycles. The van der Waals surface area contributed by atoms with E-state index in [2.05, 4.69) is 12.2 Å². The monoisotopic (exact) mass is 275 g/mol. The molecular formula is C14H29NO2S. The van der Waals surface area contributed by atoms with Crippen molar-refractivity contribution in [2.75, 3.05) is 18.6 Å². The molecule has 108 valence electrons. The van der Waals surface area contributed by atoms with E-state index >= 15 is 0 Å². The molecule has 18 heavy (non-hydrogen) atoms. The van der Waals surface area contributed by atoms with Crippen molar-refractivity contribution in [2.24, 2.45) is 5.41 Å². The highest BCUT2D eigenvalue weighted by molar-refractivity contribution is 7.91. The second kappa shape index (κ2) is 6.90. The Hall–Kier alpha value is -0.0900. The summed E-state index contributed by atoms with van der Waals surface area (Å²) in [6.45, 7) is 4.01. The molecule has 1 N–H and O–H groups in total. The van der Waals surface area contributed by atoms with Gasteiger partial charge in [0.05, 0.1) is 5.75 Å². The summed E-state index contributed by atoms with van der Waals surface area (Å²) in [5.41, 5.74) is 0.421. The molecule has 0 radical (unpaired) electrons. The molecule has 0 bridgehead atoms. The predicted molar refractivity (Wildman–Crippen MR) is 77.6 cm³/mol. The van der Waals surface area contributed by atoms with E-state index in [9.17, 15) is 8.42 Å². The first kappa shape index (κ1) is 16.0. The maximum atomic E-state index is 11.5. The zero-order chi connectivity index (χ0) is 13.6. The fourth-order valence-electron chi connectivity index (χ4n) is 3.44. The van der Waals surface area contributed by atoms with Crippen LogP contribution in [0.2, 0.25) is 0 Å². The molecule has 0 aromatic rings. The summed E-state index contributed by atoms with van der Waals surface area (Å²) in [6, 6.07) is 0.483. The van der Waals surface area contributed by atoms with Gasteiger partial charge in [-0.25, -0.2) is 8.42 Å². The molecule has 1 saturated carbocycles. The Labute approximate surface area is 113 Å². The van der Waals surface area contributed by atoms with Crippen molar-refractivity contribution >= 4 is 9.84 Å². The Morgan fingerprint density at radius 3 is 2.28 bits per heavy atom. The summed E-state index contributed by atoms with van der Waals surface area (Å²) in [5, 5.41) is 3.45. The van der Waals surface area contributed by atoms with Gasteiger partial charge in [-0.1, -0.05) is 26.7 Å². The lowest BCUT2D eigenvalue weighted by Gasteiger charge is -2.37. The molecule has 0 amide bonds. The molecule has 1 unspecified atom stereocenters. The summed E-state index contributed by atoms with van der Waals surface area (Å²) in [6.07, 6.45) is 8.26. The van der Waals surface area contributed by atoms with Crippen LogP contribution in [-0.4, -0.2) is 33.0 Å². The van der Waals surface area contributed by atoms with Crippen LogP contribution in [0.5, 0.6) is 0 Å². The van der Waals surface area contributed by atoms with Gasteiger partial charge >= 0.3 is 0 Å². The van der Waals surface area contributed by atoms with E-state index in [-0.39, 0.29) is 5.75 Å². The fraction of sp³-hybridized carbons (Fsp3) is 1.00. The minimum absolute atomic E-state index is 0.274. The van der Waals surface area contributed by atoms with E-state index in [0.717, 1.165) is 12.8 Å². The lowest BCUT2D eigenvalue weighted by Crippen LogP contribution is -2.42. The first-order chi connectivity index (χ1) is 8.49. The zero-order valence-corrected chi connectivity index (χ0v) is 13.0. The molecule has 4 heteroatoms. The van der Waals surface area contributed by atoms with Gasteiger partial charge in [0.1, 0.15) is 9.84 Å². The van der Waals surface area contributed by atoms with Crippen LogP contribution >= 0.6 is 0 Å². The van der Waals surface area contributed by atoms with Crippen molar-refractivity contribution < 1.29 is 8.42 Å². The second-order valence-corrected chi connectivity index (χ2v) is 8.12. The first-order valence-corrected chi connectivity index (χ1v) is 9.19. The van der Waals surface area contributed by atoms with Crippen molar-refractivity contribution in [3.8, 4) is 0 Å². The van der Waals surface area contributed by atoms with E-state index in [1.165, 1.54) is 32.1 Å². The highest BCUT2D eigenvalue weighted by atomic mass is 32.2. The zero-order valence-electron chi connectivity index (χ0n) is 12.2. The number of nitrogens with one attached hydrogen (secondary N) is 1. The molecule has 1 rings (SSSR count). The van der Waals surface area contributed by atoms with Gasteiger partial charge in [-0.05, 0) is 44.6 Å². The Morgan fingerprint density at radius 1 is 1.22 bits per heavy atom. The van der Waals surface area contributed by atoms with Crippen LogP contribution in [-0.2, 0) is 9.84 Å². The summed E-state index contributed by atoms with van der Waals surface area (Å²) in [4.78, 5) is 0. The van der Waals surface area contributed by atoms with Gasteiger partial charge in [0, 0.05) is 11.8 Å². The van der Waals surface area contributed by atoms with Crippen molar-refractivity contribution in [2.45, 2.75) is 64.8 Å². The van der Waals surface area contributed by atoms with Gasteiger partial charge in [0.25, 0.3) is 0 Å². The quantitative estimate of drug-likeness (QED) is 0.741. The average molecular weight is 275 g/mol. The fourth-order valence-corrected chi connectivity index (χ4v) is 4.33. The van der Waals surface area contributed by atoms with E-state index in [4.69, 9.17) is 0 Å². The Kier molecular flexibility index (Phi) is 6.12. The smallest absolute Gasteiger partial charge is 0.150 e. The minimum atomic E-state index is -2.80. The summed E-state index contributed by atoms with van der Waals surface area (Å²) in [7, 11) is -0.779. The maximum Gasteiger partial charge on any atom is 0.150 e. The third-order valence-electron chi connectivity index (χ3n) is 4.78. The first-order valence-electron chi connectivity index (χ1n) is 7.37. The molecule has 0 heterocycles. The van der Waals surface area contributed by atoms with Crippen molar-refractivity contribution in [3.63, 3.8) is 0 Å². The third-order valence-corrected chi connectivity index (χ3v) is 6.57. The van der Waals surface area contributed by atoms with Crippen LogP contribution in [0.15, 0.2) is 0 Å². The van der Waals surface area contributed by atoms with Crippen molar-refractivity contribution in [1.29, 1.82) is 0 Å². The Balaban J connectivity index is 2.51. The molecule has 0 saturated heterocycles. The molecule has 1 aliphatic carbocycles. The van der Waals surface area contributed by atoms with E-state index in [1.54, 1.807) is 6.92 Å². The number of sulfone groups is 1. The van der Waals surface area contributed by atoms with Crippen LogP contribution in [0.4, 0.5) is 0 Å². The normalized spacial score (nSPS) is 21.1. The lowest BCUT2D eigenvalue weighted by atomic mass is 9.74.